The normalized spacial score (nSPS) is 16.3. The maximum absolute atomic E-state index is 5.68. The van der Waals surface area contributed by atoms with Crippen LogP contribution in [0.4, 0.5) is 5.69 Å². The number of thiocarbonyl (C=S) groups is 1. The number of anilines is 1. The van der Waals surface area contributed by atoms with Crippen LogP contribution in [0, 0.1) is 20.8 Å². The molecule has 28 heavy (non-hydrogen) atoms. The summed E-state index contributed by atoms with van der Waals surface area (Å²) in [4.78, 5) is 4.72. The second kappa shape index (κ2) is 7.97. The number of hydrogen-bond donors (Lipinski definition) is 1. The first-order valence-electron chi connectivity index (χ1n) is 9.74. The lowest BCUT2D eigenvalue weighted by atomic mass is 10.1. The van der Waals surface area contributed by atoms with Crippen molar-refractivity contribution in [3.63, 3.8) is 0 Å². The van der Waals surface area contributed by atoms with Crippen molar-refractivity contribution in [3.05, 3.63) is 52.6 Å². The average molecular weight is 398 g/mol. The highest BCUT2D eigenvalue weighted by Gasteiger charge is 2.20. The molecule has 2 aliphatic heterocycles. The summed E-state index contributed by atoms with van der Waals surface area (Å²) in [7, 11) is 0. The first kappa shape index (κ1) is 19.0. The van der Waals surface area contributed by atoms with Crippen molar-refractivity contribution in [2.24, 2.45) is 0 Å². The molecule has 2 aromatic rings. The van der Waals surface area contributed by atoms with Crippen molar-refractivity contribution in [3.8, 4) is 11.5 Å². The molecule has 148 valence electrons. The Morgan fingerprint density at radius 2 is 1.64 bits per heavy atom. The molecule has 2 heterocycles. The molecule has 0 unspecified atom stereocenters. The van der Waals surface area contributed by atoms with Crippen LogP contribution in [-0.2, 0) is 6.54 Å². The van der Waals surface area contributed by atoms with Crippen LogP contribution in [-0.4, -0.2) is 47.9 Å². The van der Waals surface area contributed by atoms with Gasteiger partial charge in [-0.1, -0.05) is 12.1 Å². The Balaban J connectivity index is 1.31. The van der Waals surface area contributed by atoms with Crippen molar-refractivity contribution < 1.29 is 9.47 Å². The van der Waals surface area contributed by atoms with Gasteiger partial charge in [0.05, 0.1) is 0 Å². The molecule has 2 aromatic carbocycles. The molecule has 1 saturated heterocycles. The molecule has 0 atom stereocenters. The van der Waals surface area contributed by atoms with Gasteiger partial charge in [0.1, 0.15) is 0 Å². The van der Waals surface area contributed by atoms with E-state index in [1.54, 1.807) is 0 Å². The predicted octanol–water partition coefficient (Wildman–Crippen LogP) is 3.86. The minimum atomic E-state index is 0.321. The van der Waals surface area contributed by atoms with E-state index in [1.165, 1.54) is 22.3 Å². The lowest BCUT2D eigenvalue weighted by Gasteiger charge is -2.36. The molecule has 0 aromatic heterocycles. The summed E-state index contributed by atoms with van der Waals surface area (Å²) >= 11 is 5.68. The first-order chi connectivity index (χ1) is 13.5. The molecule has 0 spiro atoms. The number of rotatable bonds is 3. The molecular weight excluding hydrogens is 370 g/mol. The van der Waals surface area contributed by atoms with Gasteiger partial charge in [-0.05, 0) is 73.4 Å². The van der Waals surface area contributed by atoms with Gasteiger partial charge >= 0.3 is 0 Å². The molecule has 0 aliphatic carbocycles. The minimum absolute atomic E-state index is 0.321. The third-order valence-corrected chi connectivity index (χ3v) is 5.95. The van der Waals surface area contributed by atoms with Crippen LogP contribution in [0.1, 0.15) is 22.3 Å². The van der Waals surface area contributed by atoms with Crippen LogP contribution < -0.4 is 14.8 Å². The quantitative estimate of drug-likeness (QED) is 0.793. The third kappa shape index (κ3) is 4.08. The average Bonchev–Trinajstić information content (AvgIpc) is 3.14. The minimum Gasteiger partial charge on any atom is -0.454 e. The second-order valence-corrected chi connectivity index (χ2v) is 8.02. The van der Waals surface area contributed by atoms with Gasteiger partial charge in [0.15, 0.2) is 16.6 Å². The number of hydrogen-bond acceptors (Lipinski definition) is 4. The van der Waals surface area contributed by atoms with Crippen LogP contribution >= 0.6 is 12.2 Å². The summed E-state index contributed by atoms with van der Waals surface area (Å²) in [6.07, 6.45) is 0. The van der Waals surface area contributed by atoms with Crippen molar-refractivity contribution in [1.29, 1.82) is 0 Å². The fourth-order valence-corrected chi connectivity index (χ4v) is 3.99. The Labute approximate surface area is 172 Å². The molecule has 1 N–H and O–H groups in total. The summed E-state index contributed by atoms with van der Waals surface area (Å²) in [5, 5.41) is 4.26. The summed E-state index contributed by atoms with van der Waals surface area (Å²) in [6, 6.07) is 10.6. The molecule has 0 saturated carbocycles. The zero-order valence-corrected chi connectivity index (χ0v) is 17.6. The monoisotopic (exact) mass is 397 g/mol. The number of piperazine rings is 1. The standard InChI is InChI=1S/C22H27N3O2S/c1-15-10-17(3)19(11-16(15)2)23-22(28)25-8-6-24(7-9-25)13-18-4-5-20-21(12-18)27-14-26-20/h4-5,10-12H,6-9,13-14H2,1-3H3,(H,23,28). The van der Waals surface area contributed by atoms with Crippen molar-refractivity contribution >= 4 is 23.0 Å². The maximum Gasteiger partial charge on any atom is 0.231 e. The van der Waals surface area contributed by atoms with Gasteiger partial charge in [0.2, 0.25) is 6.79 Å². The van der Waals surface area contributed by atoms with E-state index in [2.05, 4.69) is 60.2 Å². The Bertz CT molecular complexity index is 892. The first-order valence-corrected chi connectivity index (χ1v) is 10.1. The fraction of sp³-hybridized carbons (Fsp3) is 0.409. The van der Waals surface area contributed by atoms with Gasteiger partial charge in [-0.2, -0.15) is 0 Å². The lowest BCUT2D eigenvalue weighted by molar-refractivity contribution is 0.173. The van der Waals surface area contributed by atoms with E-state index in [0.29, 0.717) is 6.79 Å². The molecule has 0 amide bonds. The zero-order valence-electron chi connectivity index (χ0n) is 16.7. The van der Waals surface area contributed by atoms with Gasteiger partial charge in [-0.15, -0.1) is 0 Å². The molecule has 0 radical (unpaired) electrons. The SMILES string of the molecule is Cc1cc(C)c(NC(=S)N2CCN(Cc3ccc4c(c3)OCO4)CC2)cc1C. The number of fused-ring (bicyclic) bond motifs is 1. The predicted molar refractivity (Wildman–Crippen MR) is 116 cm³/mol. The Hall–Kier alpha value is -2.31. The Kier molecular flexibility index (Phi) is 5.42. The summed E-state index contributed by atoms with van der Waals surface area (Å²) < 4.78 is 10.9. The molecule has 4 rings (SSSR count). The van der Waals surface area contributed by atoms with Crippen LogP contribution in [0.15, 0.2) is 30.3 Å². The summed E-state index contributed by atoms with van der Waals surface area (Å²) in [6.45, 7) is 11.5. The highest BCUT2D eigenvalue weighted by Crippen LogP contribution is 2.32. The fourth-order valence-electron chi connectivity index (χ4n) is 3.70. The smallest absolute Gasteiger partial charge is 0.231 e. The highest BCUT2D eigenvalue weighted by molar-refractivity contribution is 7.80. The molecule has 2 aliphatic rings. The molecular formula is C22H27N3O2S. The largest absolute Gasteiger partial charge is 0.454 e. The highest BCUT2D eigenvalue weighted by atomic mass is 32.1. The number of nitrogens with one attached hydrogen (secondary N) is 1. The Morgan fingerprint density at radius 3 is 2.43 bits per heavy atom. The number of ether oxygens (including phenoxy) is 2. The van der Waals surface area contributed by atoms with Crippen LogP contribution in [0.5, 0.6) is 11.5 Å². The van der Waals surface area contributed by atoms with Gasteiger partial charge < -0.3 is 19.7 Å². The van der Waals surface area contributed by atoms with Crippen molar-refractivity contribution in [2.45, 2.75) is 27.3 Å². The second-order valence-electron chi connectivity index (χ2n) is 7.63. The number of benzene rings is 2. The summed E-state index contributed by atoms with van der Waals surface area (Å²) in [5.74, 6) is 1.69. The van der Waals surface area contributed by atoms with Crippen molar-refractivity contribution in [2.75, 3.05) is 38.3 Å². The lowest BCUT2D eigenvalue weighted by Crippen LogP contribution is -2.49. The van der Waals surface area contributed by atoms with E-state index in [9.17, 15) is 0 Å². The molecule has 1 fully saturated rings. The molecule has 0 bridgehead atoms. The Morgan fingerprint density at radius 1 is 0.929 bits per heavy atom. The topological polar surface area (TPSA) is 37.0 Å². The number of aryl methyl sites for hydroxylation is 3. The van der Waals surface area contributed by atoms with E-state index in [4.69, 9.17) is 21.7 Å². The van der Waals surface area contributed by atoms with Crippen LogP contribution in [0.3, 0.4) is 0 Å². The molecule has 5 nitrogen and oxygen atoms in total. The van der Waals surface area contributed by atoms with E-state index < -0.39 is 0 Å². The summed E-state index contributed by atoms with van der Waals surface area (Å²) in [5.41, 5.74) is 6.18. The van der Waals surface area contributed by atoms with Gasteiger partial charge in [0, 0.05) is 38.4 Å². The number of nitrogens with zero attached hydrogens (tertiary/aromatic N) is 2. The van der Waals surface area contributed by atoms with Crippen LogP contribution in [0.25, 0.3) is 0 Å². The van der Waals surface area contributed by atoms with E-state index >= 15 is 0 Å². The maximum atomic E-state index is 5.68. The zero-order chi connectivity index (χ0) is 19.7. The van der Waals surface area contributed by atoms with E-state index in [1.807, 2.05) is 6.07 Å². The van der Waals surface area contributed by atoms with Gasteiger partial charge in [-0.25, -0.2) is 0 Å². The van der Waals surface area contributed by atoms with Crippen molar-refractivity contribution in [1.82, 2.24) is 9.80 Å². The van der Waals surface area contributed by atoms with Crippen LogP contribution in [0.2, 0.25) is 0 Å². The van der Waals surface area contributed by atoms with E-state index in [0.717, 1.165) is 55.0 Å². The van der Waals surface area contributed by atoms with Gasteiger partial charge in [0.25, 0.3) is 0 Å². The third-order valence-electron chi connectivity index (χ3n) is 5.58. The molecule has 6 heteroatoms. The van der Waals surface area contributed by atoms with Gasteiger partial charge in [-0.3, -0.25) is 4.90 Å². The van der Waals surface area contributed by atoms with E-state index in [-0.39, 0.29) is 0 Å².